The van der Waals surface area contributed by atoms with Crippen LogP contribution in [0.1, 0.15) is 6.92 Å². The van der Waals surface area contributed by atoms with Crippen LogP contribution in [0.15, 0.2) is 17.0 Å². The molecule has 6 heteroatoms. The number of methoxy groups -OCH3 is 2. The standard InChI is InChI=1S/C10H13NO4S/c1-4-16-10-6-9(15-3)8(14-2)5-7(10)11(12)13/h5-6H,4H2,1-3H3. The molecule has 88 valence electrons. The zero-order valence-electron chi connectivity index (χ0n) is 9.35. The molecule has 0 unspecified atom stereocenters. The summed E-state index contributed by atoms with van der Waals surface area (Å²) >= 11 is 1.40. The van der Waals surface area contributed by atoms with Crippen molar-refractivity contribution >= 4 is 17.4 Å². The quantitative estimate of drug-likeness (QED) is 0.452. The third-order valence-electron chi connectivity index (χ3n) is 1.96. The van der Waals surface area contributed by atoms with Crippen LogP contribution in [0.25, 0.3) is 0 Å². The van der Waals surface area contributed by atoms with Crippen LogP contribution in [-0.4, -0.2) is 24.9 Å². The van der Waals surface area contributed by atoms with Crippen LogP contribution in [0.2, 0.25) is 0 Å². The van der Waals surface area contributed by atoms with E-state index < -0.39 is 4.92 Å². The lowest BCUT2D eigenvalue weighted by molar-refractivity contribution is -0.387. The van der Waals surface area contributed by atoms with Gasteiger partial charge in [0.1, 0.15) is 0 Å². The predicted octanol–water partition coefficient (Wildman–Crippen LogP) is 2.72. The summed E-state index contributed by atoms with van der Waals surface area (Å²) in [6, 6.07) is 3.02. The molecule has 0 aliphatic carbocycles. The molecule has 1 rings (SSSR count). The smallest absolute Gasteiger partial charge is 0.286 e. The Hall–Kier alpha value is -1.43. The van der Waals surface area contributed by atoms with E-state index >= 15 is 0 Å². The molecular formula is C10H13NO4S. The third kappa shape index (κ3) is 2.57. The lowest BCUT2D eigenvalue weighted by Gasteiger charge is -2.09. The maximum Gasteiger partial charge on any atom is 0.286 e. The second-order valence-corrected chi connectivity index (χ2v) is 4.17. The molecule has 0 radical (unpaired) electrons. The fourth-order valence-corrected chi connectivity index (χ4v) is 2.05. The van der Waals surface area contributed by atoms with E-state index in [1.165, 1.54) is 32.0 Å². The van der Waals surface area contributed by atoms with Crippen LogP contribution < -0.4 is 9.47 Å². The molecule has 0 atom stereocenters. The highest BCUT2D eigenvalue weighted by Gasteiger charge is 2.19. The first-order chi connectivity index (χ1) is 7.63. The average molecular weight is 243 g/mol. The van der Waals surface area contributed by atoms with E-state index in [4.69, 9.17) is 9.47 Å². The lowest BCUT2D eigenvalue weighted by atomic mass is 10.3. The van der Waals surface area contributed by atoms with Gasteiger partial charge in [-0.2, -0.15) is 0 Å². The summed E-state index contributed by atoms with van der Waals surface area (Å²) < 4.78 is 10.1. The zero-order chi connectivity index (χ0) is 12.1. The fraction of sp³-hybridized carbons (Fsp3) is 0.400. The Labute approximate surface area is 97.9 Å². The molecule has 0 saturated heterocycles. The Morgan fingerprint density at radius 2 is 1.88 bits per heavy atom. The topological polar surface area (TPSA) is 61.6 Å². The molecule has 0 bridgehead atoms. The second-order valence-electron chi connectivity index (χ2n) is 2.87. The Kier molecular flexibility index (Phi) is 4.42. The minimum Gasteiger partial charge on any atom is -0.493 e. The molecule has 1 aromatic rings. The molecule has 0 aromatic heterocycles. The molecule has 16 heavy (non-hydrogen) atoms. The minimum absolute atomic E-state index is 0.0458. The maximum atomic E-state index is 10.9. The molecule has 0 aliphatic heterocycles. The van der Waals surface area contributed by atoms with Gasteiger partial charge in [-0.05, 0) is 5.75 Å². The number of nitro groups is 1. The van der Waals surface area contributed by atoms with Crippen LogP contribution in [0.5, 0.6) is 11.5 Å². The monoisotopic (exact) mass is 243 g/mol. The van der Waals surface area contributed by atoms with E-state index in [1.54, 1.807) is 6.07 Å². The number of rotatable bonds is 5. The van der Waals surface area contributed by atoms with Crippen LogP contribution in [0, 0.1) is 10.1 Å². The normalized spacial score (nSPS) is 9.94. The molecule has 5 nitrogen and oxygen atoms in total. The maximum absolute atomic E-state index is 10.9. The summed E-state index contributed by atoms with van der Waals surface area (Å²) in [5.74, 6) is 1.63. The first-order valence-corrected chi connectivity index (χ1v) is 5.65. The summed E-state index contributed by atoms with van der Waals surface area (Å²) in [4.78, 5) is 11.0. The van der Waals surface area contributed by atoms with Crippen molar-refractivity contribution in [1.82, 2.24) is 0 Å². The second kappa shape index (κ2) is 5.60. The molecule has 0 saturated carbocycles. The first-order valence-electron chi connectivity index (χ1n) is 4.67. The molecule has 0 fully saturated rings. The minimum atomic E-state index is -0.417. The Balaban J connectivity index is 3.29. The van der Waals surface area contributed by atoms with Crippen molar-refractivity contribution in [3.8, 4) is 11.5 Å². The fourth-order valence-electron chi connectivity index (χ4n) is 1.26. The summed E-state index contributed by atoms with van der Waals surface area (Å²) in [6.45, 7) is 1.94. The van der Waals surface area contributed by atoms with Gasteiger partial charge in [0.2, 0.25) is 0 Å². The number of thioether (sulfide) groups is 1. The van der Waals surface area contributed by atoms with Crippen molar-refractivity contribution in [3.05, 3.63) is 22.2 Å². The number of hydrogen-bond donors (Lipinski definition) is 0. The van der Waals surface area contributed by atoms with Gasteiger partial charge < -0.3 is 9.47 Å². The molecule has 1 aromatic carbocycles. The van der Waals surface area contributed by atoms with Gasteiger partial charge in [0.05, 0.1) is 30.1 Å². The van der Waals surface area contributed by atoms with Crippen LogP contribution in [0.4, 0.5) is 5.69 Å². The Morgan fingerprint density at radius 3 is 2.31 bits per heavy atom. The van der Waals surface area contributed by atoms with E-state index in [2.05, 4.69) is 0 Å². The number of nitrogens with zero attached hydrogens (tertiary/aromatic N) is 1. The van der Waals surface area contributed by atoms with Crippen molar-refractivity contribution in [1.29, 1.82) is 0 Å². The molecule has 0 amide bonds. The average Bonchev–Trinajstić information content (AvgIpc) is 2.28. The lowest BCUT2D eigenvalue weighted by Crippen LogP contribution is -1.96. The van der Waals surface area contributed by atoms with Gasteiger partial charge in [-0.3, -0.25) is 10.1 Å². The summed E-state index contributed by atoms with van der Waals surface area (Å²) in [7, 11) is 2.96. The van der Waals surface area contributed by atoms with Gasteiger partial charge in [0.25, 0.3) is 5.69 Å². The number of benzene rings is 1. The summed E-state index contributed by atoms with van der Waals surface area (Å²) in [5.41, 5.74) is 0.0458. The van der Waals surface area contributed by atoms with Crippen molar-refractivity contribution in [3.63, 3.8) is 0 Å². The Morgan fingerprint density at radius 1 is 1.31 bits per heavy atom. The van der Waals surface area contributed by atoms with Crippen LogP contribution in [0.3, 0.4) is 0 Å². The van der Waals surface area contributed by atoms with Crippen molar-refractivity contribution in [2.75, 3.05) is 20.0 Å². The van der Waals surface area contributed by atoms with Gasteiger partial charge >= 0.3 is 0 Å². The number of nitro benzene ring substituents is 1. The van der Waals surface area contributed by atoms with Gasteiger partial charge in [0.15, 0.2) is 11.5 Å². The van der Waals surface area contributed by atoms with Crippen LogP contribution in [-0.2, 0) is 0 Å². The van der Waals surface area contributed by atoms with Gasteiger partial charge in [-0.15, -0.1) is 11.8 Å². The highest BCUT2D eigenvalue weighted by molar-refractivity contribution is 7.99. The van der Waals surface area contributed by atoms with Gasteiger partial charge in [0, 0.05) is 6.07 Å². The highest BCUT2D eigenvalue weighted by Crippen LogP contribution is 2.39. The third-order valence-corrected chi connectivity index (χ3v) is 2.89. The first kappa shape index (κ1) is 12.6. The van der Waals surface area contributed by atoms with E-state index in [-0.39, 0.29) is 5.69 Å². The van der Waals surface area contributed by atoms with E-state index in [0.717, 1.165) is 5.75 Å². The van der Waals surface area contributed by atoms with Crippen LogP contribution >= 0.6 is 11.8 Å². The van der Waals surface area contributed by atoms with E-state index in [9.17, 15) is 10.1 Å². The molecule has 0 heterocycles. The SMILES string of the molecule is CCSc1cc(OC)c(OC)cc1[N+](=O)[O-]. The zero-order valence-corrected chi connectivity index (χ0v) is 10.2. The summed E-state index contributed by atoms with van der Waals surface area (Å²) in [6.07, 6.45) is 0. The Bertz CT molecular complexity index is 395. The number of hydrogen-bond acceptors (Lipinski definition) is 5. The molecule has 0 aliphatic rings. The van der Waals surface area contributed by atoms with Gasteiger partial charge in [-0.25, -0.2) is 0 Å². The highest BCUT2D eigenvalue weighted by atomic mass is 32.2. The summed E-state index contributed by atoms with van der Waals surface area (Å²) in [5, 5.41) is 10.9. The van der Waals surface area contributed by atoms with Crippen molar-refractivity contribution in [2.24, 2.45) is 0 Å². The van der Waals surface area contributed by atoms with Crippen molar-refractivity contribution in [2.45, 2.75) is 11.8 Å². The molecule has 0 N–H and O–H groups in total. The predicted molar refractivity (Wildman–Crippen MR) is 62.6 cm³/mol. The van der Waals surface area contributed by atoms with Gasteiger partial charge in [-0.1, -0.05) is 6.92 Å². The van der Waals surface area contributed by atoms with Crippen molar-refractivity contribution < 1.29 is 14.4 Å². The molecular weight excluding hydrogens is 230 g/mol. The van der Waals surface area contributed by atoms with E-state index in [0.29, 0.717) is 16.4 Å². The number of ether oxygens (including phenoxy) is 2. The molecule has 0 spiro atoms. The largest absolute Gasteiger partial charge is 0.493 e. The van der Waals surface area contributed by atoms with E-state index in [1.807, 2.05) is 6.92 Å².